The molecule has 2 amide bonds. The van der Waals surface area contributed by atoms with Gasteiger partial charge in [-0.1, -0.05) is 58.4 Å². The molecule has 0 spiro atoms. The Labute approximate surface area is 217 Å². The van der Waals surface area contributed by atoms with Gasteiger partial charge in [0.15, 0.2) is 12.4 Å². The molecule has 1 aliphatic carbocycles. The average Bonchev–Trinajstić information content (AvgIpc) is 3.17. The summed E-state index contributed by atoms with van der Waals surface area (Å²) in [7, 11) is 0. The molecule has 3 aromatic carbocycles. The van der Waals surface area contributed by atoms with Crippen molar-refractivity contribution in [2.24, 2.45) is 11.8 Å². The minimum Gasteiger partial charge on any atom is -0.454 e. The summed E-state index contributed by atoms with van der Waals surface area (Å²) >= 11 is 3.31. The van der Waals surface area contributed by atoms with Gasteiger partial charge >= 0.3 is 5.97 Å². The van der Waals surface area contributed by atoms with Crippen LogP contribution in [-0.4, -0.2) is 30.2 Å². The predicted molar refractivity (Wildman–Crippen MR) is 138 cm³/mol. The molecule has 5 rings (SSSR count). The second-order valence-corrected chi connectivity index (χ2v) is 10.1. The number of hydrogen-bond donors (Lipinski definition) is 0. The molecular formula is C29H24BrNO5. The van der Waals surface area contributed by atoms with Crippen molar-refractivity contribution in [3.63, 3.8) is 0 Å². The number of carbonyl (C=O) groups is 4. The molecule has 0 unspecified atom stereocenters. The molecule has 2 fully saturated rings. The van der Waals surface area contributed by atoms with E-state index in [1.807, 2.05) is 18.2 Å². The van der Waals surface area contributed by atoms with E-state index in [0.29, 0.717) is 24.1 Å². The molecule has 1 saturated carbocycles. The number of ether oxygens (including phenoxy) is 1. The Kier molecular flexibility index (Phi) is 6.83. The van der Waals surface area contributed by atoms with Gasteiger partial charge in [-0.25, -0.2) is 4.79 Å². The van der Waals surface area contributed by atoms with Crippen molar-refractivity contribution in [2.75, 3.05) is 11.5 Å². The highest BCUT2D eigenvalue weighted by Crippen LogP contribution is 2.45. The van der Waals surface area contributed by atoms with E-state index in [9.17, 15) is 19.2 Å². The highest BCUT2D eigenvalue weighted by molar-refractivity contribution is 9.10. The van der Waals surface area contributed by atoms with Gasteiger partial charge in [0.25, 0.3) is 0 Å². The van der Waals surface area contributed by atoms with Gasteiger partial charge in [-0.05, 0) is 67.1 Å². The standard InChI is InChI=1S/C29H24BrNO5/c30-22-11-6-19(7-12-22)26(32)17-36-29(35)20-8-13-23(14-9-20)31-27(33)24-15-10-21(16-25(24)28(31)34)18-4-2-1-3-5-18/h1-9,11-14,21,24-25H,10,15-17H2/t21-,24+,25-/m0/s1. The van der Waals surface area contributed by atoms with Crippen LogP contribution in [0.1, 0.15) is 51.5 Å². The number of nitrogens with zero attached hydrogens (tertiary/aromatic N) is 1. The van der Waals surface area contributed by atoms with Crippen molar-refractivity contribution in [3.8, 4) is 0 Å². The number of rotatable bonds is 6. The first-order valence-electron chi connectivity index (χ1n) is 11.9. The lowest BCUT2D eigenvalue weighted by molar-refractivity contribution is -0.122. The number of halogens is 1. The minimum absolute atomic E-state index is 0.174. The summed E-state index contributed by atoms with van der Waals surface area (Å²) in [5, 5.41) is 0. The Morgan fingerprint density at radius 2 is 1.44 bits per heavy atom. The van der Waals surface area contributed by atoms with Gasteiger partial charge in [0, 0.05) is 10.0 Å². The van der Waals surface area contributed by atoms with Crippen LogP contribution in [0, 0.1) is 11.8 Å². The molecule has 1 heterocycles. The summed E-state index contributed by atoms with van der Waals surface area (Å²) in [4.78, 5) is 52.3. The lowest BCUT2D eigenvalue weighted by atomic mass is 9.73. The number of esters is 1. The number of ketones is 1. The molecule has 6 nitrogen and oxygen atoms in total. The molecule has 0 N–H and O–H groups in total. The van der Waals surface area contributed by atoms with Crippen molar-refractivity contribution < 1.29 is 23.9 Å². The zero-order valence-corrected chi connectivity index (χ0v) is 21.0. The monoisotopic (exact) mass is 545 g/mol. The molecule has 182 valence electrons. The van der Waals surface area contributed by atoms with Gasteiger partial charge in [0.05, 0.1) is 23.1 Å². The van der Waals surface area contributed by atoms with E-state index in [-0.39, 0.29) is 47.5 Å². The largest absolute Gasteiger partial charge is 0.454 e. The van der Waals surface area contributed by atoms with Crippen molar-refractivity contribution in [1.82, 2.24) is 0 Å². The SMILES string of the molecule is O=C(COC(=O)c1ccc(N2C(=O)[C@H]3C[C@@H](c4ccccc4)CC[C@H]3C2=O)cc1)c1ccc(Br)cc1. The van der Waals surface area contributed by atoms with E-state index >= 15 is 0 Å². The van der Waals surface area contributed by atoms with E-state index in [2.05, 4.69) is 28.1 Å². The number of fused-ring (bicyclic) bond motifs is 1. The smallest absolute Gasteiger partial charge is 0.338 e. The fraction of sp³-hybridized carbons (Fsp3) is 0.241. The van der Waals surface area contributed by atoms with Gasteiger partial charge < -0.3 is 4.74 Å². The second kappa shape index (κ2) is 10.2. The highest BCUT2D eigenvalue weighted by atomic mass is 79.9. The van der Waals surface area contributed by atoms with Crippen LogP contribution in [0.25, 0.3) is 0 Å². The minimum atomic E-state index is -0.648. The molecule has 3 aromatic rings. The molecule has 1 saturated heterocycles. The van der Waals surface area contributed by atoms with Crippen LogP contribution >= 0.6 is 15.9 Å². The number of carbonyl (C=O) groups excluding carboxylic acids is 4. The summed E-state index contributed by atoms with van der Waals surface area (Å²) < 4.78 is 6.01. The van der Waals surface area contributed by atoms with Gasteiger partial charge in [0.2, 0.25) is 11.8 Å². The number of benzene rings is 3. The predicted octanol–water partition coefficient (Wildman–Crippen LogP) is 5.56. The molecule has 0 radical (unpaired) electrons. The van der Waals surface area contributed by atoms with Gasteiger partial charge in [-0.15, -0.1) is 0 Å². The Morgan fingerprint density at radius 1 is 0.806 bits per heavy atom. The molecule has 0 aromatic heterocycles. The quantitative estimate of drug-likeness (QED) is 0.230. The molecule has 1 aliphatic heterocycles. The van der Waals surface area contributed by atoms with Crippen molar-refractivity contribution in [1.29, 1.82) is 0 Å². The number of anilines is 1. The Hall–Kier alpha value is -3.58. The van der Waals surface area contributed by atoms with Crippen LogP contribution in [0.5, 0.6) is 0 Å². The summed E-state index contributed by atoms with van der Waals surface area (Å²) in [5.74, 6) is -1.67. The molecule has 0 bridgehead atoms. The van der Waals surface area contributed by atoms with Crippen LogP contribution in [0.15, 0.2) is 83.3 Å². The van der Waals surface area contributed by atoms with Crippen LogP contribution < -0.4 is 4.90 Å². The first kappa shape index (κ1) is 24.1. The van der Waals surface area contributed by atoms with Crippen molar-refractivity contribution >= 4 is 45.2 Å². The number of amides is 2. The van der Waals surface area contributed by atoms with E-state index in [0.717, 1.165) is 10.9 Å². The Bertz CT molecular complexity index is 1300. The van der Waals surface area contributed by atoms with E-state index < -0.39 is 5.97 Å². The van der Waals surface area contributed by atoms with Gasteiger partial charge in [-0.2, -0.15) is 0 Å². The first-order chi connectivity index (χ1) is 17.4. The molecule has 36 heavy (non-hydrogen) atoms. The maximum Gasteiger partial charge on any atom is 0.338 e. The van der Waals surface area contributed by atoms with Gasteiger partial charge in [0.1, 0.15) is 0 Å². The average molecular weight is 546 g/mol. The van der Waals surface area contributed by atoms with E-state index in [1.54, 1.807) is 36.4 Å². The van der Waals surface area contributed by atoms with Gasteiger partial charge in [-0.3, -0.25) is 19.3 Å². The molecular weight excluding hydrogens is 522 g/mol. The number of hydrogen-bond acceptors (Lipinski definition) is 5. The maximum absolute atomic E-state index is 13.3. The van der Waals surface area contributed by atoms with Crippen molar-refractivity contribution in [3.05, 3.63) is 100 Å². The van der Waals surface area contributed by atoms with Crippen LogP contribution in [0.3, 0.4) is 0 Å². The maximum atomic E-state index is 13.3. The zero-order valence-electron chi connectivity index (χ0n) is 19.4. The van der Waals surface area contributed by atoms with Crippen molar-refractivity contribution in [2.45, 2.75) is 25.2 Å². The molecule has 7 heteroatoms. The first-order valence-corrected chi connectivity index (χ1v) is 12.7. The zero-order chi connectivity index (χ0) is 25.2. The van der Waals surface area contributed by atoms with Crippen LogP contribution in [0.2, 0.25) is 0 Å². The second-order valence-electron chi connectivity index (χ2n) is 9.20. The Balaban J connectivity index is 1.23. The Morgan fingerprint density at radius 3 is 2.14 bits per heavy atom. The summed E-state index contributed by atoms with van der Waals surface area (Å²) in [5.41, 5.74) is 2.33. The molecule has 2 aliphatic rings. The normalized spacial score (nSPS) is 21.2. The number of Topliss-reactive ketones (excluding diaryl/α,β-unsaturated/α-hetero) is 1. The fourth-order valence-electron chi connectivity index (χ4n) is 5.14. The molecule has 3 atom stereocenters. The van der Waals surface area contributed by atoms with Crippen LogP contribution in [-0.2, 0) is 14.3 Å². The lowest BCUT2D eigenvalue weighted by Gasteiger charge is -2.28. The third kappa shape index (κ3) is 4.75. The summed E-state index contributed by atoms with van der Waals surface area (Å²) in [6.45, 7) is -0.378. The van der Waals surface area contributed by atoms with E-state index in [1.165, 1.54) is 22.6 Å². The topological polar surface area (TPSA) is 80.8 Å². The summed E-state index contributed by atoms with van der Waals surface area (Å²) in [6.07, 6.45) is 2.22. The number of imide groups is 1. The van der Waals surface area contributed by atoms with E-state index in [4.69, 9.17) is 4.74 Å². The summed E-state index contributed by atoms with van der Waals surface area (Å²) in [6, 6.07) is 23.1. The fourth-order valence-corrected chi connectivity index (χ4v) is 5.41. The van der Waals surface area contributed by atoms with Crippen LogP contribution in [0.4, 0.5) is 5.69 Å². The highest BCUT2D eigenvalue weighted by Gasteiger charge is 2.50. The third-order valence-electron chi connectivity index (χ3n) is 7.06. The lowest BCUT2D eigenvalue weighted by Crippen LogP contribution is -2.30. The third-order valence-corrected chi connectivity index (χ3v) is 7.59.